The van der Waals surface area contributed by atoms with Crippen LogP contribution >= 0.6 is 22.9 Å². The van der Waals surface area contributed by atoms with Crippen LogP contribution in [0.2, 0.25) is 5.15 Å². The van der Waals surface area contributed by atoms with Gasteiger partial charge in [0.1, 0.15) is 28.4 Å². The number of morpholine rings is 1. The maximum Gasteiger partial charge on any atom is 0.261 e. The van der Waals surface area contributed by atoms with Crippen molar-refractivity contribution < 1.29 is 23.0 Å². The van der Waals surface area contributed by atoms with Gasteiger partial charge in [0.15, 0.2) is 23.3 Å². The summed E-state index contributed by atoms with van der Waals surface area (Å²) in [4.78, 5) is 31.2. The van der Waals surface area contributed by atoms with Crippen molar-refractivity contribution in [2.24, 2.45) is 0 Å². The molecule has 1 aliphatic carbocycles. The van der Waals surface area contributed by atoms with E-state index in [-0.39, 0.29) is 23.1 Å². The van der Waals surface area contributed by atoms with Crippen molar-refractivity contribution in [2.45, 2.75) is 38.1 Å². The van der Waals surface area contributed by atoms with Crippen molar-refractivity contribution in [1.82, 2.24) is 29.5 Å². The maximum absolute atomic E-state index is 15.6. The van der Waals surface area contributed by atoms with Crippen LogP contribution in [0.15, 0.2) is 18.3 Å². The lowest BCUT2D eigenvalue weighted by Gasteiger charge is -2.35. The summed E-state index contributed by atoms with van der Waals surface area (Å²) in [6.45, 7) is 3.73. The van der Waals surface area contributed by atoms with Crippen LogP contribution in [0.5, 0.6) is 5.75 Å². The van der Waals surface area contributed by atoms with Gasteiger partial charge in [-0.3, -0.25) is 9.78 Å². The zero-order valence-electron chi connectivity index (χ0n) is 22.1. The summed E-state index contributed by atoms with van der Waals surface area (Å²) in [6.07, 6.45) is 4.15. The molecule has 10 nitrogen and oxygen atoms in total. The Kier molecular flexibility index (Phi) is 6.75. The quantitative estimate of drug-likeness (QED) is 0.305. The van der Waals surface area contributed by atoms with Crippen molar-refractivity contribution >= 4 is 39.6 Å². The third-order valence-corrected chi connectivity index (χ3v) is 8.72. The molecule has 6 heterocycles. The highest BCUT2D eigenvalue weighted by Crippen LogP contribution is 2.42. The summed E-state index contributed by atoms with van der Waals surface area (Å²) in [7, 11) is 0. The Hall–Kier alpha value is -3.42. The number of aryl methyl sites for hydroxylation is 1. The molecule has 4 aromatic heterocycles. The number of hydrogen-bond acceptors (Lipinski definition) is 9. The number of nitrogens with zero attached hydrogens (tertiary/aromatic N) is 7. The van der Waals surface area contributed by atoms with Crippen LogP contribution < -0.4 is 9.64 Å². The van der Waals surface area contributed by atoms with E-state index in [4.69, 9.17) is 26.1 Å². The number of hydrogen-bond donors (Lipinski definition) is 0. The Morgan fingerprint density at radius 2 is 1.98 bits per heavy atom. The first-order valence-corrected chi connectivity index (χ1v) is 14.7. The molecule has 0 N–H and O–H groups in total. The van der Waals surface area contributed by atoms with Gasteiger partial charge < -0.3 is 19.3 Å². The highest BCUT2D eigenvalue weighted by Gasteiger charge is 2.40. The number of ether oxygens (including phenoxy) is 2. The van der Waals surface area contributed by atoms with Gasteiger partial charge in [-0.1, -0.05) is 22.9 Å². The number of fused-ring (bicyclic) bond motifs is 3. The molecule has 1 amide bonds. The van der Waals surface area contributed by atoms with Crippen molar-refractivity contribution in [1.29, 1.82) is 0 Å². The number of imidazole rings is 1. The highest BCUT2D eigenvalue weighted by atomic mass is 35.5. The first-order chi connectivity index (χ1) is 19.9. The fourth-order valence-corrected chi connectivity index (χ4v) is 6.47. The Balaban J connectivity index is 1.19. The van der Waals surface area contributed by atoms with Gasteiger partial charge >= 0.3 is 0 Å². The number of carbonyl (C=O) groups is 1. The molecule has 2 fully saturated rings. The number of pyridine rings is 2. The molecular weight excluding hydrogens is 576 g/mol. The van der Waals surface area contributed by atoms with E-state index in [2.05, 4.69) is 15.1 Å². The predicted octanol–water partition coefficient (Wildman–Crippen LogP) is 4.09. The first-order valence-electron chi connectivity index (χ1n) is 13.5. The van der Waals surface area contributed by atoms with E-state index >= 15 is 8.78 Å². The van der Waals surface area contributed by atoms with Crippen LogP contribution in [0.25, 0.3) is 4.96 Å². The summed E-state index contributed by atoms with van der Waals surface area (Å²) in [5.41, 5.74) is 2.29. The van der Waals surface area contributed by atoms with Gasteiger partial charge in [0.25, 0.3) is 5.91 Å². The van der Waals surface area contributed by atoms with Gasteiger partial charge in [0.05, 0.1) is 24.6 Å². The zero-order valence-corrected chi connectivity index (χ0v) is 23.7. The van der Waals surface area contributed by atoms with E-state index in [1.54, 1.807) is 10.7 Å². The van der Waals surface area contributed by atoms with Crippen molar-refractivity contribution in [3.8, 4) is 5.75 Å². The van der Waals surface area contributed by atoms with Crippen LogP contribution in [-0.2, 0) is 16.0 Å². The molecule has 0 bridgehead atoms. The number of halogens is 3. The van der Waals surface area contributed by atoms with Crippen LogP contribution in [-0.4, -0.2) is 74.8 Å². The van der Waals surface area contributed by atoms with E-state index in [0.29, 0.717) is 55.1 Å². The highest BCUT2D eigenvalue weighted by molar-refractivity contribution is 7.16. The van der Waals surface area contributed by atoms with Gasteiger partial charge in [-0.2, -0.15) is 5.10 Å². The molecule has 0 spiro atoms. The summed E-state index contributed by atoms with van der Waals surface area (Å²) in [5.74, 6) is -1.32. The fraction of sp³-hybridized carbons (Fsp3) is 0.444. The average molecular weight is 602 g/mol. The first kappa shape index (κ1) is 26.5. The molecule has 1 atom stereocenters. The normalized spacial score (nSPS) is 19.1. The molecule has 1 saturated carbocycles. The number of carbonyl (C=O) groups excluding carboxylic acids is 1. The van der Waals surface area contributed by atoms with Gasteiger partial charge in [0.2, 0.25) is 4.96 Å². The molecule has 214 valence electrons. The number of rotatable bonds is 6. The van der Waals surface area contributed by atoms with Gasteiger partial charge in [0, 0.05) is 38.3 Å². The molecule has 1 saturated heterocycles. The molecular formula is C27H26ClF2N7O3S. The Morgan fingerprint density at radius 3 is 2.71 bits per heavy atom. The van der Waals surface area contributed by atoms with Crippen molar-refractivity contribution in [3.63, 3.8) is 0 Å². The van der Waals surface area contributed by atoms with Crippen LogP contribution in [0.4, 0.5) is 14.6 Å². The smallest absolute Gasteiger partial charge is 0.261 e. The molecule has 14 heteroatoms. The SMILES string of the molecule is Cc1nn2c3c(nc2s1)CCN(C(=O)COc1c(F)cc(N2CCOCC2)nc1Cl)C3c1ncc(C2CC2)cc1F. The molecule has 1 unspecified atom stereocenters. The van der Waals surface area contributed by atoms with E-state index in [1.807, 2.05) is 11.8 Å². The molecule has 7 rings (SSSR count). The summed E-state index contributed by atoms with van der Waals surface area (Å²) in [6, 6.07) is 1.86. The van der Waals surface area contributed by atoms with Crippen molar-refractivity contribution in [3.05, 3.63) is 62.8 Å². The molecule has 41 heavy (non-hydrogen) atoms. The minimum absolute atomic E-state index is 0.108. The third-order valence-electron chi connectivity index (χ3n) is 7.64. The molecule has 0 aromatic carbocycles. The third kappa shape index (κ3) is 4.89. The van der Waals surface area contributed by atoms with Gasteiger partial charge in [-0.15, -0.1) is 0 Å². The Bertz CT molecular complexity index is 1630. The van der Waals surface area contributed by atoms with Crippen LogP contribution in [0, 0.1) is 18.6 Å². The second-order valence-electron chi connectivity index (χ2n) is 10.4. The van der Waals surface area contributed by atoms with Crippen LogP contribution in [0.3, 0.4) is 0 Å². The summed E-state index contributed by atoms with van der Waals surface area (Å²) in [5, 5.41) is 5.17. The summed E-state index contributed by atoms with van der Waals surface area (Å²) >= 11 is 7.71. The minimum atomic E-state index is -0.887. The lowest BCUT2D eigenvalue weighted by Crippen LogP contribution is -2.44. The van der Waals surface area contributed by atoms with Gasteiger partial charge in [-0.05, 0) is 37.3 Å². The second kappa shape index (κ2) is 10.4. The molecule has 4 aromatic rings. The Labute approximate surface area is 242 Å². The summed E-state index contributed by atoms with van der Waals surface area (Å²) < 4.78 is 43.3. The average Bonchev–Trinajstić information content (AvgIpc) is 3.67. The van der Waals surface area contributed by atoms with E-state index < -0.39 is 30.2 Å². The van der Waals surface area contributed by atoms with Crippen molar-refractivity contribution in [2.75, 3.05) is 44.4 Å². The Morgan fingerprint density at radius 1 is 1.17 bits per heavy atom. The molecule has 0 radical (unpaired) electrons. The zero-order chi connectivity index (χ0) is 28.2. The number of aromatic nitrogens is 5. The van der Waals surface area contributed by atoms with E-state index in [0.717, 1.165) is 29.1 Å². The van der Waals surface area contributed by atoms with Gasteiger partial charge in [-0.25, -0.2) is 23.3 Å². The lowest BCUT2D eigenvalue weighted by atomic mass is 9.98. The van der Waals surface area contributed by atoms with E-state index in [9.17, 15) is 4.79 Å². The van der Waals surface area contributed by atoms with Crippen LogP contribution in [0.1, 0.15) is 52.5 Å². The number of anilines is 1. The maximum atomic E-state index is 15.6. The molecule has 2 aliphatic heterocycles. The molecule has 3 aliphatic rings. The van der Waals surface area contributed by atoms with E-state index in [1.165, 1.54) is 28.4 Å². The minimum Gasteiger partial charge on any atom is -0.477 e. The predicted molar refractivity (Wildman–Crippen MR) is 147 cm³/mol. The monoisotopic (exact) mass is 601 g/mol. The largest absolute Gasteiger partial charge is 0.477 e. The lowest BCUT2D eigenvalue weighted by molar-refractivity contribution is -0.135. The fourth-order valence-electron chi connectivity index (χ4n) is 5.47. The standard InChI is InChI=1S/C27H26ClF2N7O3S/c1-14-34-37-23-19(32-27(37)41-14)4-5-36(24(23)22-17(29)10-16(12-31-22)15-2-3-15)21(38)13-40-25-18(30)11-20(33-26(25)28)35-6-8-39-9-7-35/h10-12,15,24H,2-9,13H2,1H3. The second-order valence-corrected chi connectivity index (χ2v) is 11.9. The topological polar surface area (TPSA) is 98.0 Å². The number of amides is 1.